The number of primary amides is 1. The molecule has 0 radical (unpaired) electrons. The predicted molar refractivity (Wildman–Crippen MR) is 136 cm³/mol. The summed E-state index contributed by atoms with van der Waals surface area (Å²) in [5.41, 5.74) is 8.72. The average Bonchev–Trinajstić information content (AvgIpc) is 3.23. The van der Waals surface area contributed by atoms with Crippen molar-refractivity contribution in [3.05, 3.63) is 101 Å². The highest BCUT2D eigenvalue weighted by atomic mass is 16.5. The van der Waals surface area contributed by atoms with Crippen LogP contribution in [0.1, 0.15) is 57.5 Å². The third kappa shape index (κ3) is 5.89. The van der Waals surface area contributed by atoms with Crippen LogP contribution < -0.4 is 10.5 Å². The van der Waals surface area contributed by atoms with E-state index in [1.54, 1.807) is 24.3 Å². The van der Waals surface area contributed by atoms with Gasteiger partial charge in [-0.2, -0.15) is 0 Å². The molecule has 0 bridgehead atoms. The smallest absolute Gasteiger partial charge is 0.335 e. The molecule has 0 saturated carbocycles. The number of carbonyl (C=O) groups is 2. The monoisotopic (exact) mass is 472 g/mol. The Morgan fingerprint density at radius 1 is 0.971 bits per heavy atom. The van der Waals surface area contributed by atoms with E-state index in [2.05, 4.69) is 36.1 Å². The Balaban J connectivity index is 1.39. The summed E-state index contributed by atoms with van der Waals surface area (Å²) in [7, 11) is 0. The first-order valence-electron chi connectivity index (χ1n) is 12.1. The Hall–Kier alpha value is -3.64. The van der Waals surface area contributed by atoms with Crippen LogP contribution in [0, 0.1) is 5.92 Å². The number of carbonyl (C=O) groups excluding carboxylic acids is 1. The van der Waals surface area contributed by atoms with Crippen molar-refractivity contribution >= 4 is 11.9 Å². The van der Waals surface area contributed by atoms with Crippen molar-refractivity contribution in [3.63, 3.8) is 0 Å². The fourth-order valence-electron chi connectivity index (χ4n) is 5.14. The fourth-order valence-corrected chi connectivity index (χ4v) is 5.14. The van der Waals surface area contributed by atoms with Gasteiger partial charge in [0.25, 0.3) is 0 Å². The van der Waals surface area contributed by atoms with E-state index < -0.39 is 11.9 Å². The molecule has 35 heavy (non-hydrogen) atoms. The van der Waals surface area contributed by atoms with Crippen LogP contribution in [0.2, 0.25) is 0 Å². The van der Waals surface area contributed by atoms with Crippen molar-refractivity contribution in [1.29, 1.82) is 0 Å². The SMILES string of the molecule is C[C@H]1[C@H]([C@@H](c2ccccc2)c2ccc(C(N)=O)cc2)CCN1CCCOc1ccc(C(=O)O)cc1. The van der Waals surface area contributed by atoms with Crippen LogP contribution in [0.25, 0.3) is 0 Å². The maximum Gasteiger partial charge on any atom is 0.335 e. The maximum atomic E-state index is 11.5. The quantitative estimate of drug-likeness (QED) is 0.414. The highest BCUT2D eigenvalue weighted by molar-refractivity contribution is 5.92. The zero-order chi connectivity index (χ0) is 24.8. The predicted octanol–water partition coefficient (Wildman–Crippen LogP) is 4.80. The second-order valence-electron chi connectivity index (χ2n) is 9.14. The summed E-state index contributed by atoms with van der Waals surface area (Å²) in [6.45, 7) is 4.85. The molecule has 4 rings (SSSR count). The number of nitrogens with zero attached hydrogens (tertiary/aromatic N) is 1. The second-order valence-corrected chi connectivity index (χ2v) is 9.14. The largest absolute Gasteiger partial charge is 0.494 e. The highest BCUT2D eigenvalue weighted by Crippen LogP contribution is 2.41. The molecule has 1 aliphatic heterocycles. The Bertz CT molecular complexity index is 1130. The number of ether oxygens (including phenoxy) is 1. The molecule has 1 aliphatic rings. The average molecular weight is 473 g/mol. The van der Waals surface area contributed by atoms with Gasteiger partial charge in [0.05, 0.1) is 12.2 Å². The zero-order valence-corrected chi connectivity index (χ0v) is 20.0. The van der Waals surface area contributed by atoms with Gasteiger partial charge in [0.2, 0.25) is 5.91 Å². The van der Waals surface area contributed by atoms with Crippen LogP contribution in [-0.2, 0) is 0 Å². The van der Waals surface area contributed by atoms with Gasteiger partial charge in [0.15, 0.2) is 0 Å². The van der Waals surface area contributed by atoms with Gasteiger partial charge in [-0.1, -0.05) is 42.5 Å². The van der Waals surface area contributed by atoms with Crippen LogP contribution in [-0.4, -0.2) is 47.6 Å². The molecule has 3 atom stereocenters. The molecular weight excluding hydrogens is 440 g/mol. The molecule has 182 valence electrons. The Morgan fingerprint density at radius 2 is 1.60 bits per heavy atom. The van der Waals surface area contributed by atoms with E-state index in [1.807, 2.05) is 30.3 Å². The van der Waals surface area contributed by atoms with E-state index in [9.17, 15) is 9.59 Å². The number of nitrogens with two attached hydrogens (primary N) is 1. The Kier molecular flexibility index (Phi) is 7.83. The minimum atomic E-state index is -0.938. The minimum absolute atomic E-state index is 0.238. The van der Waals surface area contributed by atoms with Crippen molar-refractivity contribution in [1.82, 2.24) is 4.90 Å². The Labute approximate surface area is 206 Å². The summed E-state index contributed by atoms with van der Waals surface area (Å²) in [4.78, 5) is 25.0. The Morgan fingerprint density at radius 3 is 2.23 bits per heavy atom. The van der Waals surface area contributed by atoms with Crippen LogP contribution in [0.15, 0.2) is 78.9 Å². The summed E-state index contributed by atoms with van der Waals surface area (Å²) in [5.74, 6) is 0.0225. The number of hydrogen-bond acceptors (Lipinski definition) is 4. The standard InChI is InChI=1S/C29H32N2O4/c1-20-26(16-18-31(20)17-5-19-35-25-14-12-24(13-15-25)29(33)34)27(21-6-3-2-4-7-21)22-8-10-23(11-9-22)28(30)32/h2-4,6-15,20,26-27H,5,16-19H2,1H3,(H2,30,32)(H,33,34)/t20-,26+,27-/m0/s1. The number of hydrogen-bond donors (Lipinski definition) is 2. The number of carboxylic acids is 1. The second kappa shape index (κ2) is 11.2. The van der Waals surface area contributed by atoms with Gasteiger partial charge >= 0.3 is 5.97 Å². The molecule has 0 spiro atoms. The number of likely N-dealkylation sites (tertiary alicyclic amines) is 1. The van der Waals surface area contributed by atoms with Gasteiger partial charge in [0, 0.05) is 24.1 Å². The van der Waals surface area contributed by atoms with Gasteiger partial charge in [-0.15, -0.1) is 0 Å². The fraction of sp³-hybridized carbons (Fsp3) is 0.310. The topological polar surface area (TPSA) is 92.9 Å². The molecule has 0 aromatic heterocycles. The molecule has 0 aliphatic carbocycles. The lowest BCUT2D eigenvalue weighted by Crippen LogP contribution is -2.33. The first-order chi connectivity index (χ1) is 16.9. The van der Waals surface area contributed by atoms with E-state index in [1.165, 1.54) is 11.1 Å². The molecule has 0 unspecified atom stereocenters. The molecule has 3 aromatic carbocycles. The van der Waals surface area contributed by atoms with Gasteiger partial charge < -0.3 is 20.5 Å². The third-order valence-corrected chi connectivity index (χ3v) is 7.05. The molecule has 1 fully saturated rings. The first-order valence-corrected chi connectivity index (χ1v) is 12.1. The van der Waals surface area contributed by atoms with E-state index in [-0.39, 0.29) is 11.5 Å². The van der Waals surface area contributed by atoms with E-state index in [4.69, 9.17) is 15.6 Å². The summed E-state index contributed by atoms with van der Waals surface area (Å²) < 4.78 is 5.82. The maximum absolute atomic E-state index is 11.5. The van der Waals surface area contributed by atoms with Crippen molar-refractivity contribution in [2.75, 3.05) is 19.7 Å². The lowest BCUT2D eigenvalue weighted by molar-refractivity contribution is 0.0696. The molecule has 3 N–H and O–H groups in total. The molecule has 1 saturated heterocycles. The van der Waals surface area contributed by atoms with Crippen LogP contribution in [0.4, 0.5) is 0 Å². The molecule has 6 heteroatoms. The number of carboxylic acid groups (broad SMARTS) is 1. The lowest BCUT2D eigenvalue weighted by Gasteiger charge is -2.31. The minimum Gasteiger partial charge on any atom is -0.494 e. The van der Waals surface area contributed by atoms with Crippen molar-refractivity contribution in [2.24, 2.45) is 11.7 Å². The lowest BCUT2D eigenvalue weighted by atomic mass is 9.77. The third-order valence-electron chi connectivity index (χ3n) is 7.05. The normalized spacial score (nSPS) is 18.8. The van der Waals surface area contributed by atoms with Crippen molar-refractivity contribution < 1.29 is 19.4 Å². The molecule has 1 amide bonds. The summed E-state index contributed by atoms with van der Waals surface area (Å²) in [6, 6.07) is 25.2. The van der Waals surface area contributed by atoms with Crippen LogP contribution >= 0.6 is 0 Å². The summed E-state index contributed by atoms with van der Waals surface area (Å²) >= 11 is 0. The number of amides is 1. The summed E-state index contributed by atoms with van der Waals surface area (Å²) in [6.07, 6.45) is 1.98. The van der Waals surface area contributed by atoms with Gasteiger partial charge in [-0.3, -0.25) is 4.79 Å². The summed E-state index contributed by atoms with van der Waals surface area (Å²) in [5, 5.41) is 9.01. The van der Waals surface area contributed by atoms with E-state index in [0.717, 1.165) is 25.9 Å². The van der Waals surface area contributed by atoms with E-state index >= 15 is 0 Å². The van der Waals surface area contributed by atoms with Gasteiger partial charge in [-0.05, 0) is 79.8 Å². The first kappa shape index (κ1) is 24.5. The van der Waals surface area contributed by atoms with E-state index in [0.29, 0.717) is 29.9 Å². The van der Waals surface area contributed by atoms with Crippen molar-refractivity contribution in [3.8, 4) is 5.75 Å². The highest BCUT2D eigenvalue weighted by Gasteiger charge is 2.37. The number of rotatable bonds is 10. The molecular formula is C29H32N2O4. The van der Waals surface area contributed by atoms with Crippen LogP contribution in [0.3, 0.4) is 0 Å². The number of benzene rings is 3. The van der Waals surface area contributed by atoms with Crippen molar-refractivity contribution in [2.45, 2.75) is 31.7 Å². The van der Waals surface area contributed by atoms with Gasteiger partial charge in [0.1, 0.15) is 5.75 Å². The van der Waals surface area contributed by atoms with Crippen LogP contribution in [0.5, 0.6) is 5.75 Å². The molecule has 1 heterocycles. The zero-order valence-electron chi connectivity index (χ0n) is 20.0. The van der Waals surface area contributed by atoms with Gasteiger partial charge in [-0.25, -0.2) is 4.79 Å². The molecule has 3 aromatic rings. The number of aromatic carboxylic acids is 1. The molecule has 6 nitrogen and oxygen atoms in total.